The van der Waals surface area contributed by atoms with Gasteiger partial charge in [-0.15, -0.1) is 0 Å². The first kappa shape index (κ1) is 12.5. The molecule has 4 rings (SSSR count). The third-order valence-corrected chi connectivity index (χ3v) is 6.17. The fourth-order valence-corrected chi connectivity index (χ4v) is 5.57. The molecule has 4 saturated carbocycles. The van der Waals surface area contributed by atoms with Crippen molar-refractivity contribution in [2.75, 3.05) is 0 Å². The zero-order valence-electron chi connectivity index (χ0n) is 11.6. The average Bonchev–Trinajstić information content (AvgIpc) is 2.27. The molecule has 0 radical (unpaired) electrons. The molecule has 4 aliphatic rings. The highest BCUT2D eigenvalue weighted by molar-refractivity contribution is 5.07. The second kappa shape index (κ2) is 4.23. The molecular formula is C16H25NO. The lowest BCUT2D eigenvalue weighted by atomic mass is 9.47. The summed E-state index contributed by atoms with van der Waals surface area (Å²) in [5.41, 5.74) is -0.739. The quantitative estimate of drug-likeness (QED) is 0.831. The molecule has 2 heteroatoms. The van der Waals surface area contributed by atoms with Crippen molar-refractivity contribution in [1.82, 2.24) is 0 Å². The van der Waals surface area contributed by atoms with Crippen molar-refractivity contribution in [2.24, 2.45) is 35.5 Å². The minimum Gasteiger partial charge on any atom is -0.388 e. The van der Waals surface area contributed by atoms with E-state index in [4.69, 9.17) is 5.26 Å². The van der Waals surface area contributed by atoms with E-state index in [0.29, 0.717) is 24.2 Å². The summed E-state index contributed by atoms with van der Waals surface area (Å²) in [6.07, 6.45) is 7.03. The average molecular weight is 247 g/mol. The van der Waals surface area contributed by atoms with Gasteiger partial charge in [0.25, 0.3) is 0 Å². The van der Waals surface area contributed by atoms with Gasteiger partial charge in [-0.2, -0.15) is 5.26 Å². The molecule has 2 nitrogen and oxygen atoms in total. The van der Waals surface area contributed by atoms with Gasteiger partial charge in [-0.1, -0.05) is 13.8 Å². The van der Waals surface area contributed by atoms with E-state index >= 15 is 0 Å². The van der Waals surface area contributed by atoms with Gasteiger partial charge in [-0.05, 0) is 67.6 Å². The van der Waals surface area contributed by atoms with Crippen LogP contribution in [0.3, 0.4) is 0 Å². The minimum absolute atomic E-state index is 0.194. The van der Waals surface area contributed by atoms with Gasteiger partial charge in [0, 0.05) is 0 Å². The smallest absolute Gasteiger partial charge is 0.0833 e. The Balaban J connectivity index is 1.89. The normalized spacial score (nSPS) is 44.9. The van der Waals surface area contributed by atoms with Gasteiger partial charge in [0.1, 0.15) is 0 Å². The topological polar surface area (TPSA) is 44.0 Å². The van der Waals surface area contributed by atoms with Crippen molar-refractivity contribution in [3.63, 3.8) is 0 Å². The zero-order valence-corrected chi connectivity index (χ0v) is 11.6. The van der Waals surface area contributed by atoms with Crippen LogP contribution in [-0.2, 0) is 0 Å². The Labute approximate surface area is 110 Å². The van der Waals surface area contributed by atoms with Gasteiger partial charge in [-0.25, -0.2) is 0 Å². The Hall–Kier alpha value is -0.550. The van der Waals surface area contributed by atoms with Crippen molar-refractivity contribution >= 4 is 0 Å². The van der Waals surface area contributed by atoms with Crippen LogP contribution in [0, 0.1) is 46.8 Å². The first-order chi connectivity index (χ1) is 8.54. The Morgan fingerprint density at radius 1 is 1.11 bits per heavy atom. The molecule has 0 heterocycles. The summed E-state index contributed by atoms with van der Waals surface area (Å²) >= 11 is 0. The van der Waals surface area contributed by atoms with E-state index in [-0.39, 0.29) is 5.92 Å². The molecule has 0 spiro atoms. The fraction of sp³-hybridized carbons (Fsp3) is 0.938. The van der Waals surface area contributed by atoms with Gasteiger partial charge in [-0.3, -0.25) is 0 Å². The molecule has 1 unspecified atom stereocenters. The van der Waals surface area contributed by atoms with Crippen LogP contribution in [0.1, 0.15) is 52.4 Å². The zero-order chi connectivity index (χ0) is 12.9. The predicted octanol–water partition coefficient (Wildman–Crippen LogP) is 3.36. The molecule has 18 heavy (non-hydrogen) atoms. The molecule has 4 fully saturated rings. The standard InChI is InChI=1S/C16H25NO/c1-10(2)16(18,3-4-17)15-13-6-11-5-12(8-13)9-14(15)7-11/h10-15,18H,3,5-9H2,1-2H3. The second-order valence-electron chi connectivity index (χ2n) is 7.44. The van der Waals surface area contributed by atoms with Gasteiger partial charge in [0.05, 0.1) is 18.1 Å². The van der Waals surface area contributed by atoms with Crippen LogP contribution in [0.2, 0.25) is 0 Å². The SMILES string of the molecule is CC(C)C(O)(CC#N)C1C2CC3CC(C2)CC1C3. The molecule has 100 valence electrons. The first-order valence-electron chi connectivity index (χ1n) is 7.64. The molecular weight excluding hydrogens is 222 g/mol. The Morgan fingerprint density at radius 3 is 2.00 bits per heavy atom. The number of aliphatic hydroxyl groups is 1. The number of nitriles is 1. The van der Waals surface area contributed by atoms with E-state index in [1.165, 1.54) is 32.1 Å². The second-order valence-corrected chi connectivity index (χ2v) is 7.44. The maximum absolute atomic E-state index is 11.1. The Kier molecular flexibility index (Phi) is 2.94. The molecule has 1 N–H and O–H groups in total. The number of hydrogen-bond donors (Lipinski definition) is 1. The maximum Gasteiger partial charge on any atom is 0.0833 e. The monoisotopic (exact) mass is 247 g/mol. The van der Waals surface area contributed by atoms with Gasteiger partial charge in [0.2, 0.25) is 0 Å². The molecule has 4 aliphatic carbocycles. The largest absolute Gasteiger partial charge is 0.388 e. The summed E-state index contributed by atoms with van der Waals surface area (Å²) in [6.45, 7) is 4.17. The minimum atomic E-state index is -0.739. The van der Waals surface area contributed by atoms with Crippen LogP contribution < -0.4 is 0 Å². The molecule has 0 aromatic heterocycles. The Morgan fingerprint density at radius 2 is 1.61 bits per heavy atom. The van der Waals surface area contributed by atoms with E-state index in [1.807, 2.05) is 0 Å². The van der Waals surface area contributed by atoms with E-state index in [1.54, 1.807) is 0 Å². The number of rotatable bonds is 3. The third-order valence-electron chi connectivity index (χ3n) is 6.17. The van der Waals surface area contributed by atoms with Crippen molar-refractivity contribution in [2.45, 2.75) is 58.0 Å². The fourth-order valence-electron chi connectivity index (χ4n) is 5.57. The van der Waals surface area contributed by atoms with E-state index in [9.17, 15) is 5.11 Å². The van der Waals surface area contributed by atoms with E-state index in [0.717, 1.165) is 11.8 Å². The third kappa shape index (κ3) is 1.71. The van der Waals surface area contributed by atoms with Crippen molar-refractivity contribution in [1.29, 1.82) is 5.26 Å². The van der Waals surface area contributed by atoms with Crippen LogP contribution in [-0.4, -0.2) is 10.7 Å². The van der Waals surface area contributed by atoms with Gasteiger partial charge >= 0.3 is 0 Å². The summed E-state index contributed by atoms with van der Waals surface area (Å²) in [7, 11) is 0. The van der Waals surface area contributed by atoms with Crippen LogP contribution in [0.5, 0.6) is 0 Å². The maximum atomic E-state index is 11.1. The van der Waals surface area contributed by atoms with Gasteiger partial charge < -0.3 is 5.11 Å². The molecule has 0 aromatic rings. The molecule has 0 saturated heterocycles. The molecule has 0 amide bonds. The molecule has 4 bridgehead atoms. The Bertz CT molecular complexity index is 342. The molecule has 0 aromatic carbocycles. The predicted molar refractivity (Wildman–Crippen MR) is 70.6 cm³/mol. The van der Waals surface area contributed by atoms with Crippen LogP contribution >= 0.6 is 0 Å². The van der Waals surface area contributed by atoms with Crippen LogP contribution in [0.15, 0.2) is 0 Å². The summed E-state index contributed by atoms with van der Waals surface area (Å²) in [6, 6.07) is 2.25. The summed E-state index contributed by atoms with van der Waals surface area (Å²) in [5.74, 6) is 3.85. The lowest BCUT2D eigenvalue weighted by molar-refractivity contribution is -0.160. The van der Waals surface area contributed by atoms with Crippen molar-refractivity contribution in [3.8, 4) is 6.07 Å². The van der Waals surface area contributed by atoms with Crippen LogP contribution in [0.4, 0.5) is 0 Å². The van der Waals surface area contributed by atoms with Gasteiger partial charge in [0.15, 0.2) is 0 Å². The van der Waals surface area contributed by atoms with Crippen molar-refractivity contribution < 1.29 is 5.11 Å². The lowest BCUT2D eigenvalue weighted by Crippen LogP contribution is -2.57. The van der Waals surface area contributed by atoms with E-state index in [2.05, 4.69) is 19.9 Å². The first-order valence-corrected chi connectivity index (χ1v) is 7.64. The molecule has 1 atom stereocenters. The highest BCUT2D eigenvalue weighted by atomic mass is 16.3. The summed E-state index contributed by atoms with van der Waals surface area (Å²) in [4.78, 5) is 0. The van der Waals surface area contributed by atoms with Crippen molar-refractivity contribution in [3.05, 3.63) is 0 Å². The summed E-state index contributed by atoms with van der Waals surface area (Å²) in [5, 5.41) is 20.2. The highest BCUT2D eigenvalue weighted by Crippen LogP contribution is 2.60. The number of hydrogen-bond acceptors (Lipinski definition) is 2. The molecule has 0 aliphatic heterocycles. The lowest BCUT2D eigenvalue weighted by Gasteiger charge is -2.59. The summed E-state index contributed by atoms with van der Waals surface area (Å²) < 4.78 is 0. The van der Waals surface area contributed by atoms with Crippen LogP contribution in [0.25, 0.3) is 0 Å². The highest BCUT2D eigenvalue weighted by Gasteiger charge is 2.55. The van der Waals surface area contributed by atoms with E-state index < -0.39 is 5.60 Å². The number of nitrogens with zero attached hydrogens (tertiary/aromatic N) is 1.